The molecule has 0 aliphatic rings. The fourth-order valence-corrected chi connectivity index (χ4v) is 5.54. The molecule has 2 aromatic heterocycles. The van der Waals surface area contributed by atoms with Crippen LogP contribution in [-0.4, -0.2) is 37.2 Å². The Balaban J connectivity index is 1.63. The number of carbonyl (C=O) groups excluding carboxylic acids is 1. The number of para-hydroxylation sites is 1. The van der Waals surface area contributed by atoms with Crippen LogP contribution in [0.4, 0.5) is 5.13 Å². The summed E-state index contributed by atoms with van der Waals surface area (Å²) in [7, 11) is -2.03. The summed E-state index contributed by atoms with van der Waals surface area (Å²) in [5.74, 6) is 0.341. The Morgan fingerprint density at radius 3 is 2.48 bits per heavy atom. The van der Waals surface area contributed by atoms with Crippen LogP contribution in [0.15, 0.2) is 76.2 Å². The third-order valence-corrected chi connectivity index (χ3v) is 8.22. The van der Waals surface area contributed by atoms with Crippen molar-refractivity contribution in [1.82, 2.24) is 9.29 Å². The molecule has 0 aliphatic heterocycles. The van der Waals surface area contributed by atoms with Crippen LogP contribution in [0.5, 0.6) is 0 Å². The maximum absolute atomic E-state index is 13.5. The molecule has 172 valence electrons. The highest BCUT2D eigenvalue weighted by Crippen LogP contribution is 2.31. The van der Waals surface area contributed by atoms with Crippen molar-refractivity contribution in [2.45, 2.75) is 31.2 Å². The third-order valence-electron chi connectivity index (χ3n) is 5.29. The van der Waals surface area contributed by atoms with Crippen molar-refractivity contribution in [3.05, 3.63) is 78.3 Å². The van der Waals surface area contributed by atoms with Crippen molar-refractivity contribution in [2.24, 2.45) is 0 Å². The Labute approximate surface area is 197 Å². The monoisotopic (exact) mass is 483 g/mol. The van der Waals surface area contributed by atoms with Gasteiger partial charge in [0.15, 0.2) is 5.13 Å². The predicted octanol–water partition coefficient (Wildman–Crippen LogP) is 5.16. The number of rotatable bonds is 9. The van der Waals surface area contributed by atoms with Crippen molar-refractivity contribution in [2.75, 3.05) is 18.5 Å². The summed E-state index contributed by atoms with van der Waals surface area (Å²) in [4.78, 5) is 19.8. The average Bonchev–Trinajstić information content (AvgIpc) is 3.50. The molecule has 0 N–H and O–H groups in total. The molecule has 0 aliphatic carbocycles. The standard InChI is InChI=1S/C24H25N3O4S2/c1-3-4-15-26(2)33(29,30)20-13-11-18(12-14-20)23(28)27(17-19-8-7-16-31-19)24-25-21-9-5-6-10-22(21)32-24/h5-14,16H,3-4,15,17H2,1-2H3. The van der Waals surface area contributed by atoms with E-state index in [1.807, 2.05) is 31.2 Å². The number of aromatic nitrogens is 1. The van der Waals surface area contributed by atoms with Crippen LogP contribution >= 0.6 is 11.3 Å². The molecular weight excluding hydrogens is 458 g/mol. The largest absolute Gasteiger partial charge is 0.467 e. The van der Waals surface area contributed by atoms with Gasteiger partial charge in [0.05, 0.1) is 27.9 Å². The lowest BCUT2D eigenvalue weighted by Crippen LogP contribution is -2.30. The number of benzene rings is 2. The molecule has 9 heteroatoms. The second-order valence-corrected chi connectivity index (χ2v) is 10.7. The van der Waals surface area contributed by atoms with Crippen molar-refractivity contribution in [3.63, 3.8) is 0 Å². The lowest BCUT2D eigenvalue weighted by molar-refractivity contribution is 0.0983. The Bertz CT molecular complexity index is 1300. The van der Waals surface area contributed by atoms with E-state index in [1.165, 1.54) is 27.8 Å². The van der Waals surface area contributed by atoms with Gasteiger partial charge in [-0.15, -0.1) is 0 Å². The highest BCUT2D eigenvalue weighted by atomic mass is 32.2. The van der Waals surface area contributed by atoms with Gasteiger partial charge in [-0.2, -0.15) is 0 Å². The first-order valence-corrected chi connectivity index (χ1v) is 12.9. The van der Waals surface area contributed by atoms with Gasteiger partial charge in [-0.1, -0.05) is 36.8 Å². The number of anilines is 1. The summed E-state index contributed by atoms with van der Waals surface area (Å²) in [5, 5.41) is 0.550. The fraction of sp³-hybridized carbons (Fsp3) is 0.250. The first-order valence-electron chi connectivity index (χ1n) is 10.7. The molecule has 0 unspecified atom stereocenters. The lowest BCUT2D eigenvalue weighted by Gasteiger charge is -2.20. The molecule has 2 heterocycles. The number of amides is 1. The number of unbranched alkanes of at least 4 members (excludes halogenated alkanes) is 1. The molecule has 0 radical (unpaired) electrons. The minimum atomic E-state index is -3.60. The summed E-state index contributed by atoms with van der Waals surface area (Å²) in [5.41, 5.74) is 1.18. The van der Waals surface area contributed by atoms with Crippen molar-refractivity contribution >= 4 is 42.6 Å². The molecule has 0 atom stereocenters. The van der Waals surface area contributed by atoms with Gasteiger partial charge in [-0.25, -0.2) is 17.7 Å². The predicted molar refractivity (Wildman–Crippen MR) is 130 cm³/mol. The Kier molecular flexibility index (Phi) is 6.92. The van der Waals surface area contributed by atoms with Crippen LogP contribution in [0.3, 0.4) is 0 Å². The van der Waals surface area contributed by atoms with Crippen molar-refractivity contribution in [1.29, 1.82) is 0 Å². The van der Waals surface area contributed by atoms with E-state index in [1.54, 1.807) is 42.5 Å². The lowest BCUT2D eigenvalue weighted by atomic mass is 10.2. The smallest absolute Gasteiger partial charge is 0.260 e. The first-order chi connectivity index (χ1) is 15.9. The van der Waals surface area contributed by atoms with Crippen LogP contribution in [0.1, 0.15) is 35.9 Å². The Morgan fingerprint density at radius 1 is 1.06 bits per heavy atom. The zero-order valence-electron chi connectivity index (χ0n) is 18.5. The van der Waals surface area contributed by atoms with E-state index in [4.69, 9.17) is 4.42 Å². The van der Waals surface area contributed by atoms with E-state index in [9.17, 15) is 13.2 Å². The summed E-state index contributed by atoms with van der Waals surface area (Å²) < 4.78 is 33.4. The maximum atomic E-state index is 13.5. The van der Waals surface area contributed by atoms with Crippen LogP contribution in [0.25, 0.3) is 10.2 Å². The molecule has 7 nitrogen and oxygen atoms in total. The molecule has 2 aromatic carbocycles. The number of thiazole rings is 1. The second kappa shape index (κ2) is 9.86. The molecule has 4 rings (SSSR count). The quantitative estimate of drug-likeness (QED) is 0.328. The third kappa shape index (κ3) is 5.00. The number of furan rings is 1. The normalized spacial score (nSPS) is 11.8. The van der Waals surface area contributed by atoms with E-state index < -0.39 is 10.0 Å². The highest BCUT2D eigenvalue weighted by molar-refractivity contribution is 7.89. The summed E-state index contributed by atoms with van der Waals surface area (Å²) in [6, 6.07) is 17.3. The van der Waals surface area contributed by atoms with Gasteiger partial charge < -0.3 is 4.42 Å². The van der Waals surface area contributed by atoms with Gasteiger partial charge in [0.2, 0.25) is 10.0 Å². The van der Waals surface area contributed by atoms with Gasteiger partial charge in [-0.3, -0.25) is 9.69 Å². The highest BCUT2D eigenvalue weighted by Gasteiger charge is 2.25. The number of hydrogen-bond acceptors (Lipinski definition) is 6. The molecule has 0 fully saturated rings. The minimum absolute atomic E-state index is 0.162. The van der Waals surface area contributed by atoms with Crippen LogP contribution in [0.2, 0.25) is 0 Å². The number of sulfonamides is 1. The SMILES string of the molecule is CCCCN(C)S(=O)(=O)c1ccc(C(=O)N(Cc2ccco2)c2nc3ccccc3s2)cc1. The molecular formula is C24H25N3O4S2. The molecule has 4 aromatic rings. The Hall–Kier alpha value is -3.01. The van der Waals surface area contributed by atoms with E-state index >= 15 is 0 Å². The van der Waals surface area contributed by atoms with Gasteiger partial charge in [0, 0.05) is 19.2 Å². The van der Waals surface area contributed by atoms with E-state index in [0.717, 1.165) is 23.1 Å². The number of fused-ring (bicyclic) bond motifs is 1. The Morgan fingerprint density at radius 2 is 1.82 bits per heavy atom. The topological polar surface area (TPSA) is 83.7 Å². The number of nitrogens with zero attached hydrogens (tertiary/aromatic N) is 3. The summed E-state index contributed by atoms with van der Waals surface area (Å²) >= 11 is 1.42. The molecule has 0 spiro atoms. The molecule has 0 bridgehead atoms. The van der Waals surface area contributed by atoms with Crippen LogP contribution in [-0.2, 0) is 16.6 Å². The molecule has 1 amide bonds. The summed E-state index contributed by atoms with van der Waals surface area (Å²) in [6.07, 6.45) is 3.26. The fourth-order valence-electron chi connectivity index (χ4n) is 3.37. The molecule has 0 saturated carbocycles. The van der Waals surface area contributed by atoms with Crippen LogP contribution < -0.4 is 4.90 Å². The van der Waals surface area contributed by atoms with Crippen molar-refractivity contribution < 1.29 is 17.6 Å². The second-order valence-electron chi connectivity index (χ2n) is 7.64. The van der Waals surface area contributed by atoms with E-state index in [-0.39, 0.29) is 17.3 Å². The van der Waals surface area contributed by atoms with Gasteiger partial charge in [0.1, 0.15) is 5.76 Å². The molecule has 0 saturated heterocycles. The van der Waals surface area contributed by atoms with Gasteiger partial charge in [0.25, 0.3) is 5.91 Å². The minimum Gasteiger partial charge on any atom is -0.467 e. The zero-order chi connectivity index (χ0) is 23.4. The average molecular weight is 484 g/mol. The number of hydrogen-bond donors (Lipinski definition) is 0. The van der Waals surface area contributed by atoms with Crippen LogP contribution in [0, 0.1) is 0 Å². The van der Waals surface area contributed by atoms with E-state index in [2.05, 4.69) is 4.98 Å². The first kappa shape index (κ1) is 23.2. The summed E-state index contributed by atoms with van der Waals surface area (Å²) in [6.45, 7) is 2.68. The maximum Gasteiger partial charge on any atom is 0.260 e. The zero-order valence-corrected chi connectivity index (χ0v) is 20.1. The number of carbonyl (C=O) groups is 1. The van der Waals surface area contributed by atoms with Gasteiger partial charge >= 0.3 is 0 Å². The van der Waals surface area contributed by atoms with E-state index in [0.29, 0.717) is 23.0 Å². The van der Waals surface area contributed by atoms with Gasteiger partial charge in [-0.05, 0) is 55.0 Å². The molecule has 33 heavy (non-hydrogen) atoms. The van der Waals surface area contributed by atoms with Crippen molar-refractivity contribution in [3.8, 4) is 0 Å².